The van der Waals surface area contributed by atoms with Gasteiger partial charge in [0.05, 0.1) is 11.2 Å². The minimum atomic E-state index is -1.59. The standard InChI is InChI=1S/C31H41FN6O6S2/c1-28(2,3)43-26(39)38(27(40)44-29(4,5)6)24-18(14-33)20-19(45-24)10-12-31(20)16-37(17-31)23-21(32)22(34-25(35-23)46(8)42)36-13-9-11-30(7,41)15-36/h41H,9-13,15-17H2,1-8H3/t30-,46?/m0/s1. The number of β-amino-alcohol motifs (C(OH)–C–C–N with tert-alkyl or cyclic N) is 1. The maximum Gasteiger partial charge on any atom is 0.425 e. The lowest BCUT2D eigenvalue weighted by atomic mass is 9.74. The van der Waals surface area contributed by atoms with Gasteiger partial charge in [-0.25, -0.2) is 9.59 Å². The fourth-order valence-electron chi connectivity index (χ4n) is 6.30. The highest BCUT2D eigenvalue weighted by atomic mass is 32.2. The summed E-state index contributed by atoms with van der Waals surface area (Å²) in [5.41, 5.74) is -2.48. The third-order valence-electron chi connectivity index (χ3n) is 8.10. The number of aryl methyl sites for hydroxylation is 1. The molecule has 0 bridgehead atoms. The maximum absolute atomic E-state index is 16.1. The van der Waals surface area contributed by atoms with Gasteiger partial charge < -0.3 is 28.9 Å². The van der Waals surface area contributed by atoms with E-state index in [-0.39, 0.29) is 33.9 Å². The number of aromatic nitrogens is 2. The highest BCUT2D eigenvalue weighted by Gasteiger charge is 2.54. The number of anilines is 3. The molecule has 2 aliphatic heterocycles. The molecule has 2 saturated heterocycles. The molecule has 1 unspecified atom stereocenters. The lowest BCUT2D eigenvalue weighted by Crippen LogP contribution is -2.59. The minimum Gasteiger partial charge on any atom is -0.609 e. The highest BCUT2D eigenvalue weighted by Crippen LogP contribution is 2.54. The van der Waals surface area contributed by atoms with E-state index in [9.17, 15) is 24.5 Å². The number of carbonyl (C=O) groups excluding carboxylic acids is 2. The van der Waals surface area contributed by atoms with Crippen LogP contribution in [-0.4, -0.2) is 81.1 Å². The number of fused-ring (bicyclic) bond motifs is 2. The largest absolute Gasteiger partial charge is 0.609 e. The zero-order valence-corrected chi connectivity index (χ0v) is 29.2. The van der Waals surface area contributed by atoms with E-state index in [0.29, 0.717) is 45.3 Å². The first-order valence-corrected chi connectivity index (χ1v) is 17.6. The first-order chi connectivity index (χ1) is 21.2. The van der Waals surface area contributed by atoms with Gasteiger partial charge in [0.15, 0.2) is 11.6 Å². The van der Waals surface area contributed by atoms with Gasteiger partial charge in [-0.3, -0.25) is 0 Å². The van der Waals surface area contributed by atoms with E-state index in [1.165, 1.54) is 17.6 Å². The SMILES string of the molecule is C[S+]([O-])c1nc(N2CC3(CCc4sc(N(C(=O)OC(C)(C)C)C(=O)OC(C)(C)C)c(C#N)c43)C2)c(F)c(N2CCC[C@](C)(O)C2)n1. The Balaban J connectivity index is 1.50. The number of aliphatic hydroxyl groups is 1. The average molecular weight is 677 g/mol. The number of halogens is 1. The summed E-state index contributed by atoms with van der Waals surface area (Å²) in [5, 5.41) is 21.2. The molecule has 1 aliphatic carbocycles. The van der Waals surface area contributed by atoms with Crippen LogP contribution in [0.15, 0.2) is 5.16 Å². The minimum absolute atomic E-state index is 0.00383. The quantitative estimate of drug-likeness (QED) is 0.343. The summed E-state index contributed by atoms with van der Waals surface area (Å²) in [6, 6.07) is 2.23. The van der Waals surface area contributed by atoms with Crippen LogP contribution in [-0.2, 0) is 32.5 Å². The zero-order chi connectivity index (χ0) is 34.0. The van der Waals surface area contributed by atoms with Crippen molar-refractivity contribution in [3.63, 3.8) is 0 Å². The van der Waals surface area contributed by atoms with Gasteiger partial charge in [-0.2, -0.15) is 24.5 Å². The molecule has 2 aromatic rings. The van der Waals surface area contributed by atoms with Crippen molar-refractivity contribution < 1.29 is 33.1 Å². The molecular weight excluding hydrogens is 636 g/mol. The lowest BCUT2D eigenvalue weighted by molar-refractivity contribution is 0.0425. The first-order valence-electron chi connectivity index (χ1n) is 15.2. The Morgan fingerprint density at radius 2 is 1.63 bits per heavy atom. The van der Waals surface area contributed by atoms with Crippen molar-refractivity contribution >= 4 is 51.3 Å². The first kappa shape index (κ1) is 34.2. The van der Waals surface area contributed by atoms with Gasteiger partial charge in [0.25, 0.3) is 0 Å². The number of hydrogen-bond acceptors (Lipinski definition) is 12. The smallest absolute Gasteiger partial charge is 0.425 e. The Bertz CT molecular complexity index is 1560. The third kappa shape index (κ3) is 6.62. The molecule has 46 heavy (non-hydrogen) atoms. The van der Waals surface area contributed by atoms with Crippen molar-refractivity contribution in [3.05, 3.63) is 21.8 Å². The molecule has 1 spiro atoms. The Morgan fingerprint density at radius 3 is 2.13 bits per heavy atom. The lowest BCUT2D eigenvalue weighted by Gasteiger charge is -2.49. The summed E-state index contributed by atoms with van der Waals surface area (Å²) in [4.78, 5) is 40.5. The van der Waals surface area contributed by atoms with Crippen LogP contribution in [0.4, 0.5) is 30.6 Å². The molecule has 3 aliphatic rings. The van der Waals surface area contributed by atoms with Crippen LogP contribution >= 0.6 is 11.3 Å². The summed E-state index contributed by atoms with van der Waals surface area (Å²) in [7, 11) is 0. The van der Waals surface area contributed by atoms with E-state index >= 15 is 4.39 Å². The van der Waals surface area contributed by atoms with Gasteiger partial charge in [-0.15, -0.1) is 11.3 Å². The maximum atomic E-state index is 16.1. The van der Waals surface area contributed by atoms with Gasteiger partial charge in [0, 0.05) is 47.6 Å². The van der Waals surface area contributed by atoms with Crippen LogP contribution in [0.5, 0.6) is 0 Å². The molecule has 12 nitrogen and oxygen atoms in total. The van der Waals surface area contributed by atoms with Crippen molar-refractivity contribution in [2.45, 2.75) is 102 Å². The molecule has 5 rings (SSSR count). The number of nitriles is 1. The van der Waals surface area contributed by atoms with Gasteiger partial charge >= 0.3 is 17.3 Å². The molecular formula is C31H41FN6O6S2. The number of piperidine rings is 1. The molecule has 0 aromatic carbocycles. The number of rotatable bonds is 4. The number of imide groups is 1. The monoisotopic (exact) mass is 676 g/mol. The van der Waals surface area contributed by atoms with Crippen LogP contribution in [0.2, 0.25) is 0 Å². The molecule has 15 heteroatoms. The van der Waals surface area contributed by atoms with Crippen LogP contribution in [0.25, 0.3) is 0 Å². The van der Waals surface area contributed by atoms with Crippen molar-refractivity contribution in [2.24, 2.45) is 0 Å². The fourth-order valence-corrected chi connectivity index (χ4v) is 8.08. The van der Waals surface area contributed by atoms with E-state index in [0.717, 1.165) is 15.3 Å². The zero-order valence-electron chi connectivity index (χ0n) is 27.5. The Labute approximate surface area is 275 Å². The number of carbonyl (C=O) groups is 2. The van der Waals surface area contributed by atoms with Crippen LogP contribution in [0, 0.1) is 17.1 Å². The normalized spacial score (nSPS) is 21.3. The molecule has 2 atom stereocenters. The van der Waals surface area contributed by atoms with E-state index in [1.807, 2.05) is 0 Å². The fraction of sp³-hybridized carbons (Fsp3) is 0.645. The van der Waals surface area contributed by atoms with Crippen molar-refractivity contribution in [3.8, 4) is 6.07 Å². The van der Waals surface area contributed by atoms with Crippen LogP contribution < -0.4 is 14.7 Å². The van der Waals surface area contributed by atoms with E-state index in [2.05, 4.69) is 16.0 Å². The molecule has 0 radical (unpaired) electrons. The second-order valence-corrected chi connectivity index (χ2v) is 16.9. The highest BCUT2D eigenvalue weighted by molar-refractivity contribution is 7.90. The molecule has 1 N–H and O–H groups in total. The Kier molecular flexibility index (Phi) is 8.76. The number of nitrogens with zero attached hydrogens (tertiary/aromatic N) is 6. The predicted molar refractivity (Wildman–Crippen MR) is 173 cm³/mol. The summed E-state index contributed by atoms with van der Waals surface area (Å²) >= 11 is -0.411. The predicted octanol–water partition coefficient (Wildman–Crippen LogP) is 5.02. The van der Waals surface area contributed by atoms with Crippen LogP contribution in [0.3, 0.4) is 0 Å². The molecule has 2 fully saturated rings. The van der Waals surface area contributed by atoms with Crippen LogP contribution in [0.1, 0.15) is 83.7 Å². The topological polar surface area (TPSA) is 155 Å². The Hall–Kier alpha value is -3.19. The van der Waals surface area contributed by atoms with Crippen molar-refractivity contribution in [1.82, 2.24) is 9.97 Å². The third-order valence-corrected chi connectivity index (χ3v) is 10.0. The molecule has 2 amide bonds. The van der Waals surface area contributed by atoms with Crippen molar-refractivity contribution in [2.75, 3.05) is 47.1 Å². The molecule has 0 saturated carbocycles. The van der Waals surface area contributed by atoms with Gasteiger partial charge in [0.1, 0.15) is 28.5 Å². The average Bonchev–Trinajstić information content (AvgIpc) is 3.42. The number of amides is 2. The number of thiophene rings is 1. The number of ether oxygens (including phenoxy) is 2. The van der Waals surface area contributed by atoms with Gasteiger partial charge in [-0.1, -0.05) is 0 Å². The molecule has 2 aromatic heterocycles. The van der Waals surface area contributed by atoms with Crippen molar-refractivity contribution in [1.29, 1.82) is 5.26 Å². The summed E-state index contributed by atoms with van der Waals surface area (Å²) in [6.45, 7) is 13.1. The molecule has 250 valence electrons. The summed E-state index contributed by atoms with van der Waals surface area (Å²) in [5.74, 6) is -0.644. The Morgan fingerprint density at radius 1 is 1.07 bits per heavy atom. The second-order valence-electron chi connectivity index (χ2n) is 14.6. The summed E-state index contributed by atoms with van der Waals surface area (Å²) in [6.07, 6.45) is 2.04. The van der Waals surface area contributed by atoms with Gasteiger partial charge in [-0.05, 0) is 79.7 Å². The number of hydrogen-bond donors (Lipinski definition) is 1. The molecule has 4 heterocycles. The van der Waals surface area contributed by atoms with E-state index < -0.39 is 51.4 Å². The van der Waals surface area contributed by atoms with E-state index in [1.54, 1.807) is 58.3 Å². The summed E-state index contributed by atoms with van der Waals surface area (Å²) < 4.78 is 39.8. The second kappa shape index (κ2) is 11.8. The van der Waals surface area contributed by atoms with E-state index in [4.69, 9.17) is 9.47 Å². The van der Waals surface area contributed by atoms with Gasteiger partial charge in [0.2, 0.25) is 5.82 Å².